The second-order valence-corrected chi connectivity index (χ2v) is 7.83. The summed E-state index contributed by atoms with van der Waals surface area (Å²) < 4.78 is 7.15. The summed E-state index contributed by atoms with van der Waals surface area (Å²) in [5, 5.41) is 10.3. The number of hydrogen-bond acceptors (Lipinski definition) is 4. The Bertz CT molecular complexity index is 1280. The molecule has 0 bridgehead atoms. The summed E-state index contributed by atoms with van der Waals surface area (Å²) in [4.78, 5) is 16.4. The molecular weight excluding hydrogens is 398 g/mol. The summed E-state index contributed by atoms with van der Waals surface area (Å²) in [6, 6.07) is 20.5. The smallest absolute Gasteiger partial charge is 0.337 e. The first kappa shape index (κ1) is 21.3. The van der Waals surface area contributed by atoms with Gasteiger partial charge in [0.05, 0.1) is 30.9 Å². The van der Waals surface area contributed by atoms with E-state index >= 15 is 0 Å². The SMILES string of the molecule is COC(=O)c1ccc2c(c1)c(CCc1ccc(C)cc1)c(-c1ccncc1)n2CCC#N. The molecule has 0 aliphatic carbocycles. The van der Waals surface area contributed by atoms with Crippen LogP contribution in [0.15, 0.2) is 67.0 Å². The van der Waals surface area contributed by atoms with Gasteiger partial charge in [-0.05, 0) is 61.2 Å². The van der Waals surface area contributed by atoms with E-state index < -0.39 is 0 Å². The minimum atomic E-state index is -0.355. The van der Waals surface area contributed by atoms with E-state index in [0.29, 0.717) is 18.5 Å². The largest absolute Gasteiger partial charge is 0.465 e. The van der Waals surface area contributed by atoms with E-state index in [0.717, 1.165) is 40.6 Å². The van der Waals surface area contributed by atoms with Crippen LogP contribution in [0.25, 0.3) is 22.2 Å². The second kappa shape index (κ2) is 9.49. The van der Waals surface area contributed by atoms with Gasteiger partial charge in [0, 0.05) is 35.4 Å². The van der Waals surface area contributed by atoms with Crippen molar-refractivity contribution in [2.45, 2.75) is 32.7 Å². The van der Waals surface area contributed by atoms with Crippen LogP contribution in [-0.2, 0) is 24.1 Å². The minimum absolute atomic E-state index is 0.355. The molecule has 0 fully saturated rings. The first-order valence-corrected chi connectivity index (χ1v) is 10.7. The molecule has 0 saturated carbocycles. The van der Waals surface area contributed by atoms with Crippen LogP contribution in [0.5, 0.6) is 0 Å². The number of pyridine rings is 1. The molecule has 0 aliphatic rings. The zero-order valence-corrected chi connectivity index (χ0v) is 18.3. The van der Waals surface area contributed by atoms with Gasteiger partial charge in [-0.25, -0.2) is 4.79 Å². The van der Waals surface area contributed by atoms with Crippen molar-refractivity contribution >= 4 is 16.9 Å². The van der Waals surface area contributed by atoms with Crippen LogP contribution in [0.2, 0.25) is 0 Å². The predicted octanol–water partition coefficient (Wildman–Crippen LogP) is 5.50. The Kier molecular flexibility index (Phi) is 6.32. The van der Waals surface area contributed by atoms with E-state index in [1.54, 1.807) is 18.5 Å². The van der Waals surface area contributed by atoms with Crippen molar-refractivity contribution in [1.82, 2.24) is 9.55 Å². The van der Waals surface area contributed by atoms with Crippen LogP contribution in [0.1, 0.15) is 33.5 Å². The number of hydrogen-bond donors (Lipinski definition) is 0. The first-order valence-electron chi connectivity index (χ1n) is 10.7. The highest BCUT2D eigenvalue weighted by atomic mass is 16.5. The van der Waals surface area contributed by atoms with E-state index in [2.05, 4.69) is 46.8 Å². The van der Waals surface area contributed by atoms with Gasteiger partial charge in [0.25, 0.3) is 0 Å². The van der Waals surface area contributed by atoms with Gasteiger partial charge >= 0.3 is 5.97 Å². The van der Waals surface area contributed by atoms with E-state index in [1.807, 2.05) is 24.3 Å². The summed E-state index contributed by atoms with van der Waals surface area (Å²) in [5.41, 5.74) is 7.32. The monoisotopic (exact) mass is 423 g/mol. The van der Waals surface area contributed by atoms with Gasteiger partial charge < -0.3 is 9.30 Å². The fourth-order valence-corrected chi connectivity index (χ4v) is 4.18. The molecule has 0 aliphatic heterocycles. The van der Waals surface area contributed by atoms with Crippen molar-refractivity contribution in [3.05, 3.63) is 89.2 Å². The van der Waals surface area contributed by atoms with Crippen molar-refractivity contribution in [3.8, 4) is 17.3 Å². The average Bonchev–Trinajstić information content (AvgIpc) is 3.14. The van der Waals surface area contributed by atoms with E-state index in [-0.39, 0.29) is 5.97 Å². The number of carbonyl (C=O) groups is 1. The molecule has 0 atom stereocenters. The number of nitriles is 1. The third-order valence-corrected chi connectivity index (χ3v) is 5.77. The molecule has 0 unspecified atom stereocenters. The third-order valence-electron chi connectivity index (χ3n) is 5.77. The lowest BCUT2D eigenvalue weighted by atomic mass is 9.98. The molecule has 0 N–H and O–H groups in total. The van der Waals surface area contributed by atoms with Crippen LogP contribution >= 0.6 is 0 Å². The van der Waals surface area contributed by atoms with Crippen LogP contribution in [0.4, 0.5) is 0 Å². The number of nitrogens with zero attached hydrogens (tertiary/aromatic N) is 3. The Morgan fingerprint density at radius 2 is 1.81 bits per heavy atom. The Morgan fingerprint density at radius 1 is 1.06 bits per heavy atom. The van der Waals surface area contributed by atoms with Gasteiger partial charge in [-0.1, -0.05) is 29.8 Å². The molecule has 5 nitrogen and oxygen atoms in total. The Morgan fingerprint density at radius 3 is 2.50 bits per heavy atom. The fourth-order valence-electron chi connectivity index (χ4n) is 4.18. The lowest BCUT2D eigenvalue weighted by Gasteiger charge is -2.11. The number of aryl methyl sites for hydroxylation is 4. The molecule has 32 heavy (non-hydrogen) atoms. The molecule has 5 heteroatoms. The second-order valence-electron chi connectivity index (χ2n) is 7.83. The van der Waals surface area contributed by atoms with E-state index in [9.17, 15) is 10.1 Å². The summed E-state index contributed by atoms with van der Waals surface area (Å²) in [5.74, 6) is -0.355. The summed E-state index contributed by atoms with van der Waals surface area (Å²) in [7, 11) is 1.39. The lowest BCUT2D eigenvalue weighted by Crippen LogP contribution is -2.02. The van der Waals surface area contributed by atoms with Crippen molar-refractivity contribution < 1.29 is 9.53 Å². The fraction of sp³-hybridized carbons (Fsp3) is 0.222. The molecule has 0 amide bonds. The van der Waals surface area contributed by atoms with Crippen molar-refractivity contribution in [1.29, 1.82) is 5.26 Å². The van der Waals surface area contributed by atoms with Crippen molar-refractivity contribution in [2.75, 3.05) is 7.11 Å². The van der Waals surface area contributed by atoms with Gasteiger partial charge in [-0.15, -0.1) is 0 Å². The highest BCUT2D eigenvalue weighted by molar-refractivity contribution is 5.98. The lowest BCUT2D eigenvalue weighted by molar-refractivity contribution is 0.0601. The number of rotatable bonds is 7. The standard InChI is InChI=1S/C27H25N3O2/c1-19-4-6-20(7-5-19)8-10-23-24-18-22(27(31)32-2)9-11-25(24)30(17-3-14-28)26(23)21-12-15-29-16-13-21/h4-7,9,11-13,15-16,18H,3,8,10,17H2,1-2H3. The van der Waals surface area contributed by atoms with Gasteiger partial charge in [0.15, 0.2) is 0 Å². The molecule has 4 aromatic rings. The summed E-state index contributed by atoms with van der Waals surface area (Å²) >= 11 is 0. The summed E-state index contributed by atoms with van der Waals surface area (Å²) in [6.45, 7) is 2.66. The van der Waals surface area contributed by atoms with Crippen LogP contribution in [0, 0.1) is 18.3 Å². The number of methoxy groups -OCH3 is 1. The first-order chi connectivity index (χ1) is 15.6. The molecule has 160 valence electrons. The normalized spacial score (nSPS) is 10.8. The van der Waals surface area contributed by atoms with Gasteiger partial charge in [0.2, 0.25) is 0 Å². The maximum absolute atomic E-state index is 12.2. The molecule has 0 radical (unpaired) electrons. The molecule has 4 rings (SSSR count). The summed E-state index contributed by atoms with van der Waals surface area (Å²) in [6.07, 6.45) is 5.65. The van der Waals surface area contributed by atoms with Crippen molar-refractivity contribution in [3.63, 3.8) is 0 Å². The molecule has 0 spiro atoms. The topological polar surface area (TPSA) is 67.9 Å². The Hall–Kier alpha value is -3.91. The number of carbonyl (C=O) groups excluding carboxylic acids is 1. The quantitative estimate of drug-likeness (QED) is 0.368. The predicted molar refractivity (Wildman–Crippen MR) is 125 cm³/mol. The van der Waals surface area contributed by atoms with Gasteiger partial charge in [0.1, 0.15) is 0 Å². The maximum atomic E-state index is 12.2. The number of ether oxygens (including phenoxy) is 1. The highest BCUT2D eigenvalue weighted by Crippen LogP contribution is 2.35. The molecule has 2 heterocycles. The highest BCUT2D eigenvalue weighted by Gasteiger charge is 2.20. The molecule has 0 saturated heterocycles. The number of fused-ring (bicyclic) bond motifs is 1. The Balaban J connectivity index is 1.90. The zero-order chi connectivity index (χ0) is 22.5. The van der Waals surface area contributed by atoms with Crippen LogP contribution in [0.3, 0.4) is 0 Å². The van der Waals surface area contributed by atoms with Gasteiger partial charge in [-0.3, -0.25) is 4.98 Å². The molecular formula is C27H25N3O2. The van der Waals surface area contributed by atoms with Crippen LogP contribution < -0.4 is 0 Å². The number of esters is 1. The molecule has 2 aromatic carbocycles. The number of benzene rings is 2. The van der Waals surface area contributed by atoms with Crippen LogP contribution in [-0.4, -0.2) is 22.6 Å². The van der Waals surface area contributed by atoms with E-state index in [1.165, 1.54) is 18.2 Å². The third kappa shape index (κ3) is 4.26. The Labute approximate surface area is 187 Å². The van der Waals surface area contributed by atoms with Crippen molar-refractivity contribution in [2.24, 2.45) is 0 Å². The minimum Gasteiger partial charge on any atom is -0.465 e. The maximum Gasteiger partial charge on any atom is 0.337 e. The zero-order valence-electron chi connectivity index (χ0n) is 18.3. The molecule has 2 aromatic heterocycles. The average molecular weight is 424 g/mol. The van der Waals surface area contributed by atoms with Gasteiger partial charge in [-0.2, -0.15) is 5.26 Å². The van der Waals surface area contributed by atoms with E-state index in [4.69, 9.17) is 4.74 Å². The number of aromatic nitrogens is 2.